The van der Waals surface area contributed by atoms with Gasteiger partial charge < -0.3 is 14.9 Å². The summed E-state index contributed by atoms with van der Waals surface area (Å²) in [6, 6.07) is 0. The molecule has 5 atom stereocenters. The van der Waals surface area contributed by atoms with Crippen molar-refractivity contribution < 1.29 is 24.5 Å². The summed E-state index contributed by atoms with van der Waals surface area (Å²) in [5.41, 5.74) is 1.58. The maximum Gasteiger partial charge on any atom is 0.306 e. The Morgan fingerprint density at radius 3 is 2.55 bits per heavy atom. The van der Waals surface area contributed by atoms with E-state index < -0.39 is 11.9 Å². The van der Waals surface area contributed by atoms with Crippen molar-refractivity contribution in [3.05, 3.63) is 12.2 Å². The van der Waals surface area contributed by atoms with E-state index in [4.69, 9.17) is 9.84 Å². The molecule has 0 radical (unpaired) electrons. The molecule has 2 aliphatic carbocycles. The maximum absolute atomic E-state index is 11.5. The number of ether oxygens (including phenoxy) is 1. The van der Waals surface area contributed by atoms with E-state index in [-0.39, 0.29) is 29.8 Å². The second-order valence-electron chi connectivity index (χ2n) is 10.4. The molecular weight excluding hydrogens is 368 g/mol. The Morgan fingerprint density at radius 2 is 1.90 bits per heavy atom. The molecular formula is C24H40O5. The lowest BCUT2D eigenvalue weighted by atomic mass is 9.46. The maximum atomic E-state index is 11.5. The molecule has 0 aromatic heterocycles. The molecule has 166 valence electrons. The van der Waals surface area contributed by atoms with E-state index in [1.807, 2.05) is 0 Å². The van der Waals surface area contributed by atoms with Gasteiger partial charge in [-0.25, -0.2) is 0 Å². The standard InChI is InChI=1S/C24H40O5/c1-16(12-13-29-22(28)11-10-21(26)27)6-8-19-17(2)7-9-20-23(3,4)14-18(25)15-24(19,20)5/h16,18-20,25H,2,6-15H2,1,3-5H3,(H,26,27)/t16-,18-,19-,20+,24+/m0/s1. The number of esters is 1. The van der Waals surface area contributed by atoms with Crippen LogP contribution in [0.1, 0.15) is 85.5 Å². The van der Waals surface area contributed by atoms with E-state index in [1.54, 1.807) is 0 Å². The normalized spacial score (nSPS) is 32.3. The summed E-state index contributed by atoms with van der Waals surface area (Å²) < 4.78 is 5.17. The first kappa shape index (κ1) is 23.9. The number of fused-ring (bicyclic) bond motifs is 1. The SMILES string of the molecule is C=C1CC[C@@H]2C(C)(C)C[C@H](O)C[C@]2(C)[C@H]1CC[C@H](C)CCOC(=O)CCC(=O)O. The van der Waals surface area contributed by atoms with Crippen molar-refractivity contribution in [1.29, 1.82) is 0 Å². The van der Waals surface area contributed by atoms with Gasteiger partial charge in [-0.3, -0.25) is 9.59 Å². The molecule has 0 aliphatic heterocycles. The van der Waals surface area contributed by atoms with Crippen LogP contribution in [0.15, 0.2) is 12.2 Å². The van der Waals surface area contributed by atoms with Crippen molar-refractivity contribution in [2.75, 3.05) is 6.61 Å². The number of aliphatic hydroxyl groups excluding tert-OH is 1. The molecule has 5 nitrogen and oxygen atoms in total. The van der Waals surface area contributed by atoms with Crippen LogP contribution in [-0.2, 0) is 14.3 Å². The predicted molar refractivity (Wildman–Crippen MR) is 113 cm³/mol. The van der Waals surface area contributed by atoms with E-state index in [9.17, 15) is 14.7 Å². The summed E-state index contributed by atoms with van der Waals surface area (Å²) in [7, 11) is 0. The number of aliphatic carboxylic acids is 1. The van der Waals surface area contributed by atoms with Crippen LogP contribution in [0.2, 0.25) is 0 Å². The highest BCUT2D eigenvalue weighted by molar-refractivity contribution is 5.76. The van der Waals surface area contributed by atoms with Crippen LogP contribution in [0.25, 0.3) is 0 Å². The Balaban J connectivity index is 1.87. The van der Waals surface area contributed by atoms with Crippen molar-refractivity contribution in [2.24, 2.45) is 28.6 Å². The zero-order valence-electron chi connectivity index (χ0n) is 18.7. The summed E-state index contributed by atoms with van der Waals surface area (Å²) in [5.74, 6) is 0.0379. The van der Waals surface area contributed by atoms with E-state index in [0.717, 1.165) is 38.5 Å². The third kappa shape index (κ3) is 6.07. The van der Waals surface area contributed by atoms with Gasteiger partial charge in [-0.2, -0.15) is 0 Å². The first-order valence-corrected chi connectivity index (χ1v) is 11.2. The van der Waals surface area contributed by atoms with Gasteiger partial charge in [-0.15, -0.1) is 0 Å². The van der Waals surface area contributed by atoms with Gasteiger partial charge in [0.2, 0.25) is 0 Å². The number of hydrogen-bond acceptors (Lipinski definition) is 4. The molecule has 0 bridgehead atoms. The fourth-order valence-electron chi connectivity index (χ4n) is 6.22. The molecule has 0 spiro atoms. The first-order valence-electron chi connectivity index (χ1n) is 11.2. The Bertz CT molecular complexity index is 610. The minimum Gasteiger partial charge on any atom is -0.481 e. The van der Waals surface area contributed by atoms with Crippen LogP contribution in [0.3, 0.4) is 0 Å². The summed E-state index contributed by atoms with van der Waals surface area (Å²) in [6.45, 7) is 13.9. The van der Waals surface area contributed by atoms with E-state index in [1.165, 1.54) is 12.0 Å². The van der Waals surface area contributed by atoms with E-state index >= 15 is 0 Å². The predicted octanol–water partition coefficient (Wildman–Crippen LogP) is 4.97. The van der Waals surface area contributed by atoms with Crippen molar-refractivity contribution in [2.45, 2.75) is 91.6 Å². The average Bonchev–Trinajstić information content (AvgIpc) is 2.57. The summed E-state index contributed by atoms with van der Waals surface area (Å²) >= 11 is 0. The fourth-order valence-corrected chi connectivity index (χ4v) is 6.22. The highest BCUT2D eigenvalue weighted by Crippen LogP contribution is 2.61. The van der Waals surface area contributed by atoms with Gasteiger partial charge in [0.15, 0.2) is 0 Å². The second-order valence-corrected chi connectivity index (χ2v) is 10.4. The van der Waals surface area contributed by atoms with Gasteiger partial charge in [0.25, 0.3) is 0 Å². The number of hydrogen-bond donors (Lipinski definition) is 2. The van der Waals surface area contributed by atoms with Gasteiger partial charge in [-0.05, 0) is 73.5 Å². The number of carbonyl (C=O) groups excluding carboxylic acids is 1. The molecule has 2 saturated carbocycles. The van der Waals surface area contributed by atoms with E-state index in [2.05, 4.69) is 34.3 Å². The number of carboxylic acids is 1. The largest absolute Gasteiger partial charge is 0.481 e. The van der Waals surface area contributed by atoms with Gasteiger partial charge in [0, 0.05) is 0 Å². The van der Waals surface area contributed by atoms with Crippen molar-refractivity contribution in [3.8, 4) is 0 Å². The lowest BCUT2D eigenvalue weighted by Crippen LogP contribution is -2.53. The second kappa shape index (κ2) is 9.63. The van der Waals surface area contributed by atoms with Crippen LogP contribution >= 0.6 is 0 Å². The number of rotatable bonds is 9. The topological polar surface area (TPSA) is 83.8 Å². The monoisotopic (exact) mass is 408 g/mol. The molecule has 2 rings (SSSR count). The third-order valence-electron chi connectivity index (χ3n) is 7.58. The fraction of sp³-hybridized carbons (Fsp3) is 0.833. The third-order valence-corrected chi connectivity index (χ3v) is 7.58. The van der Waals surface area contributed by atoms with Crippen LogP contribution in [0, 0.1) is 28.6 Å². The van der Waals surface area contributed by atoms with Crippen LogP contribution in [0.5, 0.6) is 0 Å². The minimum atomic E-state index is -0.981. The van der Waals surface area contributed by atoms with Crippen LogP contribution < -0.4 is 0 Å². The summed E-state index contributed by atoms with van der Waals surface area (Å²) in [5, 5.41) is 19.2. The van der Waals surface area contributed by atoms with Crippen LogP contribution in [0.4, 0.5) is 0 Å². The highest BCUT2D eigenvalue weighted by Gasteiger charge is 2.54. The van der Waals surface area contributed by atoms with Gasteiger partial charge in [0.1, 0.15) is 0 Å². The zero-order chi connectivity index (χ0) is 21.8. The summed E-state index contributed by atoms with van der Waals surface area (Å²) in [4.78, 5) is 22.1. The number of carbonyl (C=O) groups is 2. The van der Waals surface area contributed by atoms with Gasteiger partial charge in [0.05, 0.1) is 25.6 Å². The first-order chi connectivity index (χ1) is 13.5. The molecule has 0 saturated heterocycles. The van der Waals surface area contributed by atoms with Crippen LogP contribution in [-0.4, -0.2) is 34.9 Å². The quantitative estimate of drug-likeness (QED) is 0.416. The molecule has 0 heterocycles. The zero-order valence-corrected chi connectivity index (χ0v) is 18.7. The van der Waals surface area contributed by atoms with E-state index in [0.29, 0.717) is 24.4 Å². The molecule has 0 amide bonds. The molecule has 29 heavy (non-hydrogen) atoms. The average molecular weight is 409 g/mol. The summed E-state index contributed by atoms with van der Waals surface area (Å²) in [6.07, 6.45) is 6.40. The number of carboxylic acid groups (broad SMARTS) is 1. The molecule has 0 unspecified atom stereocenters. The molecule has 0 aromatic carbocycles. The lowest BCUT2D eigenvalue weighted by molar-refractivity contribution is -0.148. The molecule has 2 N–H and O–H groups in total. The molecule has 2 fully saturated rings. The smallest absolute Gasteiger partial charge is 0.306 e. The Kier molecular flexibility index (Phi) is 7.94. The Hall–Kier alpha value is -1.36. The van der Waals surface area contributed by atoms with Gasteiger partial charge >= 0.3 is 11.9 Å². The van der Waals surface area contributed by atoms with Crippen molar-refractivity contribution >= 4 is 11.9 Å². The highest BCUT2D eigenvalue weighted by atomic mass is 16.5. The molecule has 5 heteroatoms. The van der Waals surface area contributed by atoms with Crippen molar-refractivity contribution in [1.82, 2.24) is 0 Å². The lowest BCUT2D eigenvalue weighted by Gasteiger charge is -2.59. The van der Waals surface area contributed by atoms with Gasteiger partial charge in [-0.1, -0.05) is 39.8 Å². The molecule has 0 aromatic rings. The Labute approximate surface area is 175 Å². The Morgan fingerprint density at radius 1 is 1.21 bits per heavy atom. The molecule has 2 aliphatic rings. The minimum absolute atomic E-state index is 0.0660. The van der Waals surface area contributed by atoms with Crippen molar-refractivity contribution in [3.63, 3.8) is 0 Å². The number of allylic oxidation sites excluding steroid dienone is 1. The number of aliphatic hydroxyl groups is 1.